The molecule has 1 amide bonds. The van der Waals surface area contributed by atoms with Gasteiger partial charge in [0.15, 0.2) is 5.13 Å². The zero-order valence-corrected chi connectivity index (χ0v) is 20.6. The summed E-state index contributed by atoms with van der Waals surface area (Å²) >= 11 is 1.03. The van der Waals surface area contributed by atoms with Crippen LogP contribution in [-0.4, -0.2) is 28.6 Å². The molecule has 190 valence electrons. The van der Waals surface area contributed by atoms with Gasteiger partial charge in [0.25, 0.3) is 5.91 Å². The van der Waals surface area contributed by atoms with E-state index in [0.717, 1.165) is 48.8 Å². The lowest BCUT2D eigenvalue weighted by molar-refractivity contribution is -0.132. The SMILES string of the molecule is CCCCCOCc1cccc(-c2csc(NC(=O)c3cc(F)c(/C=C(\C)C(=O)O)c(F)c3)n2)c1F. The van der Waals surface area contributed by atoms with E-state index in [1.807, 2.05) is 0 Å². The Morgan fingerprint density at radius 3 is 2.56 bits per heavy atom. The molecule has 36 heavy (non-hydrogen) atoms. The zero-order chi connectivity index (χ0) is 26.2. The maximum absolute atomic E-state index is 15.0. The summed E-state index contributed by atoms with van der Waals surface area (Å²) in [5.41, 5.74) is -0.223. The van der Waals surface area contributed by atoms with Crippen LogP contribution in [0, 0.1) is 17.5 Å². The smallest absolute Gasteiger partial charge is 0.331 e. The molecule has 3 rings (SSSR count). The van der Waals surface area contributed by atoms with Crippen molar-refractivity contribution in [1.29, 1.82) is 0 Å². The van der Waals surface area contributed by atoms with Crippen LogP contribution in [0.2, 0.25) is 0 Å². The minimum absolute atomic E-state index is 0.113. The molecule has 10 heteroatoms. The van der Waals surface area contributed by atoms with Gasteiger partial charge in [-0.1, -0.05) is 31.9 Å². The maximum atomic E-state index is 15.0. The van der Waals surface area contributed by atoms with Crippen molar-refractivity contribution in [1.82, 2.24) is 4.98 Å². The molecule has 1 aromatic heterocycles. The molecule has 1 heterocycles. The fourth-order valence-corrected chi connectivity index (χ4v) is 3.99. The first-order valence-corrected chi connectivity index (χ1v) is 12.1. The first-order chi connectivity index (χ1) is 17.2. The summed E-state index contributed by atoms with van der Waals surface area (Å²) in [7, 11) is 0. The van der Waals surface area contributed by atoms with E-state index in [9.17, 15) is 18.4 Å². The Morgan fingerprint density at radius 2 is 1.89 bits per heavy atom. The Labute approximate surface area is 210 Å². The molecule has 0 spiro atoms. The van der Waals surface area contributed by atoms with E-state index in [-0.39, 0.29) is 28.4 Å². The fraction of sp³-hybridized carbons (Fsp3) is 0.269. The number of aromatic nitrogens is 1. The van der Waals surface area contributed by atoms with Crippen molar-refractivity contribution in [2.75, 3.05) is 11.9 Å². The second kappa shape index (κ2) is 12.5. The summed E-state index contributed by atoms with van der Waals surface area (Å²) < 4.78 is 49.3. The number of carboxylic acids is 1. The predicted octanol–water partition coefficient (Wildman–Crippen LogP) is 6.67. The van der Waals surface area contributed by atoms with E-state index in [2.05, 4.69) is 17.2 Å². The van der Waals surface area contributed by atoms with Crippen LogP contribution in [0.25, 0.3) is 17.3 Å². The second-order valence-corrected chi connectivity index (χ2v) is 8.87. The van der Waals surface area contributed by atoms with Crippen LogP contribution in [0.1, 0.15) is 54.6 Å². The first kappa shape index (κ1) is 27.1. The lowest BCUT2D eigenvalue weighted by Gasteiger charge is -2.08. The van der Waals surface area contributed by atoms with Crippen molar-refractivity contribution in [2.45, 2.75) is 39.7 Å². The highest BCUT2D eigenvalue weighted by atomic mass is 32.1. The van der Waals surface area contributed by atoms with Crippen molar-refractivity contribution < 1.29 is 32.6 Å². The lowest BCUT2D eigenvalue weighted by atomic mass is 10.1. The number of nitrogens with zero attached hydrogens (tertiary/aromatic N) is 1. The van der Waals surface area contributed by atoms with Gasteiger partial charge in [0.2, 0.25) is 0 Å². The van der Waals surface area contributed by atoms with Crippen LogP contribution >= 0.6 is 11.3 Å². The number of thiazole rings is 1. The summed E-state index contributed by atoms with van der Waals surface area (Å²) in [6, 6.07) is 6.49. The number of aliphatic carboxylic acids is 1. The Hall–Kier alpha value is -3.50. The number of nitrogens with one attached hydrogen (secondary N) is 1. The van der Waals surface area contributed by atoms with Gasteiger partial charge in [0, 0.05) is 39.8 Å². The third-order valence-corrected chi connectivity index (χ3v) is 6.03. The molecule has 0 saturated carbocycles. The first-order valence-electron chi connectivity index (χ1n) is 11.2. The normalized spacial score (nSPS) is 11.5. The van der Waals surface area contributed by atoms with Gasteiger partial charge in [-0.3, -0.25) is 10.1 Å². The number of amides is 1. The Kier molecular flexibility index (Phi) is 9.38. The van der Waals surface area contributed by atoms with Crippen LogP contribution in [0.15, 0.2) is 41.3 Å². The fourth-order valence-electron chi connectivity index (χ4n) is 3.28. The Morgan fingerprint density at radius 1 is 1.17 bits per heavy atom. The molecule has 0 radical (unpaired) electrons. The molecule has 0 atom stereocenters. The molecule has 2 N–H and O–H groups in total. The molecule has 0 unspecified atom stereocenters. The highest BCUT2D eigenvalue weighted by molar-refractivity contribution is 7.14. The number of carboxylic acid groups (broad SMARTS) is 1. The third-order valence-electron chi connectivity index (χ3n) is 5.27. The Bertz CT molecular complexity index is 1270. The van der Waals surface area contributed by atoms with Crippen molar-refractivity contribution >= 4 is 34.4 Å². The standard InChI is InChI=1S/C26H25F3N2O4S/c1-3-4-5-9-35-13-16-7-6-8-18(23(16)29)22-14-36-26(30-22)31-24(32)17-11-20(27)19(21(28)12-17)10-15(2)25(33)34/h6-8,10-12,14H,3-5,9,13H2,1-2H3,(H,33,34)(H,30,31,32)/b15-10+. The molecule has 0 aliphatic carbocycles. The van der Waals surface area contributed by atoms with Gasteiger partial charge in [0.1, 0.15) is 17.5 Å². The van der Waals surface area contributed by atoms with E-state index in [4.69, 9.17) is 9.84 Å². The maximum Gasteiger partial charge on any atom is 0.331 e. The summed E-state index contributed by atoms with van der Waals surface area (Å²) in [6.45, 7) is 3.96. The largest absolute Gasteiger partial charge is 0.478 e. The van der Waals surface area contributed by atoms with Gasteiger partial charge in [0.05, 0.1) is 12.3 Å². The van der Waals surface area contributed by atoms with Crippen LogP contribution in [0.3, 0.4) is 0 Å². The van der Waals surface area contributed by atoms with Crippen LogP contribution in [0.5, 0.6) is 0 Å². The molecule has 0 aliphatic rings. The molecule has 3 aromatic rings. The van der Waals surface area contributed by atoms with Gasteiger partial charge in [-0.25, -0.2) is 22.9 Å². The summed E-state index contributed by atoms with van der Waals surface area (Å²) in [5, 5.41) is 13.0. The van der Waals surface area contributed by atoms with Gasteiger partial charge >= 0.3 is 5.97 Å². The number of benzene rings is 2. The Balaban J connectivity index is 1.73. The monoisotopic (exact) mass is 518 g/mol. The molecule has 0 aliphatic heterocycles. The summed E-state index contributed by atoms with van der Waals surface area (Å²) in [5.74, 6) is -4.79. The third kappa shape index (κ3) is 6.79. The highest BCUT2D eigenvalue weighted by Crippen LogP contribution is 2.29. The van der Waals surface area contributed by atoms with Crippen molar-refractivity contribution in [3.63, 3.8) is 0 Å². The number of rotatable bonds is 11. The number of hydrogen-bond donors (Lipinski definition) is 2. The van der Waals surface area contributed by atoms with Crippen LogP contribution < -0.4 is 5.32 Å². The molecule has 0 bridgehead atoms. The summed E-state index contributed by atoms with van der Waals surface area (Å²) in [4.78, 5) is 27.7. The van der Waals surface area contributed by atoms with E-state index < -0.39 is 34.9 Å². The second-order valence-electron chi connectivity index (χ2n) is 8.02. The number of unbranched alkanes of at least 4 members (excludes halogenated alkanes) is 2. The highest BCUT2D eigenvalue weighted by Gasteiger charge is 2.18. The predicted molar refractivity (Wildman–Crippen MR) is 132 cm³/mol. The average molecular weight is 519 g/mol. The van der Waals surface area contributed by atoms with Gasteiger partial charge in [-0.2, -0.15) is 0 Å². The molecule has 6 nitrogen and oxygen atoms in total. The zero-order valence-electron chi connectivity index (χ0n) is 19.7. The summed E-state index contributed by atoms with van der Waals surface area (Å²) in [6.07, 6.45) is 3.86. The number of hydrogen-bond acceptors (Lipinski definition) is 5. The van der Waals surface area contributed by atoms with E-state index in [1.165, 1.54) is 6.92 Å². The van der Waals surface area contributed by atoms with E-state index in [0.29, 0.717) is 17.9 Å². The quantitative estimate of drug-likeness (QED) is 0.219. The molecular formula is C26H25F3N2O4S. The lowest BCUT2D eigenvalue weighted by Crippen LogP contribution is -2.13. The van der Waals surface area contributed by atoms with Crippen LogP contribution in [-0.2, 0) is 16.1 Å². The van der Waals surface area contributed by atoms with Crippen LogP contribution in [0.4, 0.5) is 18.3 Å². The number of ether oxygens (including phenoxy) is 1. The number of anilines is 1. The molecule has 0 fully saturated rings. The number of carbonyl (C=O) groups is 2. The van der Waals surface area contributed by atoms with Gasteiger partial charge in [-0.05, 0) is 37.6 Å². The average Bonchev–Trinajstić information content (AvgIpc) is 3.29. The molecule has 2 aromatic carbocycles. The number of halogens is 3. The van der Waals surface area contributed by atoms with E-state index in [1.54, 1.807) is 23.6 Å². The minimum Gasteiger partial charge on any atom is -0.478 e. The molecule has 0 saturated heterocycles. The van der Waals surface area contributed by atoms with Crippen molar-refractivity contribution in [3.8, 4) is 11.3 Å². The van der Waals surface area contributed by atoms with E-state index >= 15 is 4.39 Å². The molecular weight excluding hydrogens is 493 g/mol. The van der Waals surface area contributed by atoms with Crippen molar-refractivity contribution in [2.24, 2.45) is 0 Å². The van der Waals surface area contributed by atoms with Gasteiger partial charge in [-0.15, -0.1) is 11.3 Å². The topological polar surface area (TPSA) is 88.5 Å². The van der Waals surface area contributed by atoms with Crippen molar-refractivity contribution in [3.05, 3.63) is 75.4 Å². The minimum atomic E-state index is -1.32. The van der Waals surface area contributed by atoms with Gasteiger partial charge < -0.3 is 9.84 Å². The number of carbonyl (C=O) groups excluding carboxylic acids is 1.